The number of fused-ring (bicyclic) bond motifs is 5. The maximum absolute atomic E-state index is 13.2. The fourth-order valence-electron chi connectivity index (χ4n) is 10.3. The summed E-state index contributed by atoms with van der Waals surface area (Å²) in [5, 5.41) is 18.6. The molecule has 1 spiro atoms. The van der Waals surface area contributed by atoms with Gasteiger partial charge in [0.2, 0.25) is 5.91 Å². The number of allylic oxidation sites excluding steroid dienone is 4. The number of rotatable bonds is 5. The molecule has 0 radical (unpaired) electrons. The topological polar surface area (TPSA) is 84.5 Å². The summed E-state index contributed by atoms with van der Waals surface area (Å²) in [4.78, 5) is 27.2. The van der Waals surface area contributed by atoms with Crippen LogP contribution in [0.1, 0.15) is 96.1 Å². The third-order valence-electron chi connectivity index (χ3n) is 12.3. The summed E-state index contributed by atoms with van der Waals surface area (Å²) >= 11 is 0. The Morgan fingerprint density at radius 1 is 1.02 bits per heavy atom. The third-order valence-corrected chi connectivity index (χ3v) is 12.3. The predicted molar refractivity (Wildman–Crippen MR) is 196 cm³/mol. The van der Waals surface area contributed by atoms with Gasteiger partial charge in [-0.25, -0.2) is 0 Å². The first kappa shape index (κ1) is 32.0. The quantitative estimate of drug-likeness (QED) is 0.245. The normalized spacial score (nSPS) is 33.8. The summed E-state index contributed by atoms with van der Waals surface area (Å²) in [5.74, 6) is 0.358. The van der Waals surface area contributed by atoms with E-state index in [-0.39, 0.29) is 17.4 Å². The van der Waals surface area contributed by atoms with Gasteiger partial charge in [0.15, 0.2) is 0 Å². The summed E-state index contributed by atoms with van der Waals surface area (Å²) < 4.78 is 0. The number of benzene rings is 1. The zero-order valence-electron chi connectivity index (χ0n) is 28.7. The highest BCUT2D eigenvalue weighted by molar-refractivity contribution is 6.14. The molecule has 6 atom stereocenters. The molecule has 48 heavy (non-hydrogen) atoms. The van der Waals surface area contributed by atoms with E-state index in [0.717, 1.165) is 111 Å². The number of nitrogens with zero attached hydrogens (tertiary/aromatic N) is 3. The Morgan fingerprint density at radius 3 is 2.75 bits per heavy atom. The van der Waals surface area contributed by atoms with Crippen LogP contribution in [0.25, 0.3) is 27.4 Å². The van der Waals surface area contributed by atoms with Gasteiger partial charge in [-0.2, -0.15) is 0 Å². The van der Waals surface area contributed by atoms with E-state index < -0.39 is 5.60 Å². The zero-order valence-corrected chi connectivity index (χ0v) is 28.7. The molecule has 2 aromatic heterocycles. The monoisotopic (exact) mass is 647 g/mol. The average molecular weight is 648 g/mol. The molecule has 1 amide bonds. The second-order valence-electron chi connectivity index (χ2n) is 15.4. The molecule has 3 aromatic rings. The first-order chi connectivity index (χ1) is 23.5. The van der Waals surface area contributed by atoms with Crippen LogP contribution in [0.2, 0.25) is 0 Å². The fraction of sp³-hybridized carbons (Fsp3) is 0.561. The van der Waals surface area contributed by atoms with Gasteiger partial charge in [0, 0.05) is 41.4 Å². The van der Waals surface area contributed by atoms with Crippen LogP contribution in [0.5, 0.6) is 0 Å². The zero-order chi connectivity index (χ0) is 32.7. The number of carbonyl (C=O) groups excluding carboxylic acids is 1. The van der Waals surface area contributed by atoms with Crippen LogP contribution >= 0.6 is 0 Å². The number of hydrogen-bond acceptors (Lipinski definition) is 5. The molecular weight excluding hydrogens is 594 g/mol. The molecule has 7 nitrogen and oxygen atoms in total. The lowest BCUT2D eigenvalue weighted by Gasteiger charge is -2.58. The Hall–Kier alpha value is -3.26. The van der Waals surface area contributed by atoms with E-state index in [0.29, 0.717) is 18.4 Å². The lowest BCUT2D eigenvalue weighted by Crippen LogP contribution is -2.65. The lowest BCUT2D eigenvalue weighted by atomic mass is 9.54. The number of aromatic nitrogens is 2. The molecule has 1 aromatic carbocycles. The van der Waals surface area contributed by atoms with Crippen LogP contribution in [-0.4, -0.2) is 74.6 Å². The Balaban J connectivity index is 1.29. The van der Waals surface area contributed by atoms with Crippen molar-refractivity contribution in [2.24, 2.45) is 11.3 Å². The molecule has 7 heteroatoms. The highest BCUT2D eigenvalue weighted by atomic mass is 16.3. The van der Waals surface area contributed by atoms with Crippen LogP contribution in [0.15, 0.2) is 60.8 Å². The van der Waals surface area contributed by atoms with Crippen molar-refractivity contribution in [1.29, 1.82) is 0 Å². The van der Waals surface area contributed by atoms with E-state index in [1.54, 1.807) is 0 Å². The average Bonchev–Trinajstić information content (AvgIpc) is 3.60. The van der Waals surface area contributed by atoms with Crippen molar-refractivity contribution in [3.63, 3.8) is 0 Å². The number of nitrogens with one attached hydrogen (secondary N) is 2. The minimum Gasteiger partial charge on any atom is -0.384 e. The maximum atomic E-state index is 13.2. The molecule has 3 N–H and O–H groups in total. The molecule has 254 valence electrons. The van der Waals surface area contributed by atoms with Gasteiger partial charge < -0.3 is 20.3 Å². The molecule has 4 aliphatic heterocycles. The number of piperidine rings is 1. The fourth-order valence-corrected chi connectivity index (χ4v) is 10.3. The number of para-hydroxylation sites is 1. The standard InChI is InChI=1S/C41H53N5O2/c1-2-3-18-35(47)43-34-17-14-16-30-31-19-22-42-37(38(31)44-36(30)34)32-27-41(48)21-11-7-4-5-8-12-23-45-25-20-33(32)40(28-45)26-29-15-10-6-9-13-24-46(29)39(40)41/h4,7,10,14-17,19,22,27,29,33,39,44,48H,2-3,5-6,8-9,11-13,18,20-21,23-26,28H2,1H3,(H,43,47)/b7-4-,15-10-/t29-,33-,39+,40-,41-/m0/s1. The molecule has 1 unspecified atom stereocenters. The van der Waals surface area contributed by atoms with Crippen LogP contribution in [0.3, 0.4) is 0 Å². The van der Waals surface area contributed by atoms with Crippen LogP contribution < -0.4 is 5.32 Å². The van der Waals surface area contributed by atoms with E-state index in [1.165, 1.54) is 31.3 Å². The molecule has 5 aliphatic rings. The smallest absolute Gasteiger partial charge is 0.224 e. The second kappa shape index (κ2) is 13.2. The summed E-state index contributed by atoms with van der Waals surface area (Å²) in [6, 6.07) is 8.71. The van der Waals surface area contributed by atoms with E-state index in [9.17, 15) is 9.90 Å². The van der Waals surface area contributed by atoms with Crippen molar-refractivity contribution >= 4 is 39.0 Å². The number of amides is 1. The molecular formula is C41H53N5O2. The molecule has 3 bridgehead atoms. The van der Waals surface area contributed by atoms with Gasteiger partial charge in [-0.15, -0.1) is 0 Å². The number of carbonyl (C=O) groups is 1. The number of aliphatic hydroxyl groups is 1. The van der Waals surface area contributed by atoms with Gasteiger partial charge in [0.05, 0.1) is 34.1 Å². The van der Waals surface area contributed by atoms with Gasteiger partial charge >= 0.3 is 0 Å². The molecule has 2 fully saturated rings. The minimum absolute atomic E-state index is 0.0532. The second-order valence-corrected chi connectivity index (χ2v) is 15.4. The number of aromatic amines is 1. The van der Waals surface area contributed by atoms with Crippen molar-refractivity contribution in [3.8, 4) is 0 Å². The summed E-state index contributed by atoms with van der Waals surface area (Å²) in [6.07, 6.45) is 27.1. The molecule has 6 heterocycles. The largest absolute Gasteiger partial charge is 0.384 e. The van der Waals surface area contributed by atoms with E-state index in [2.05, 4.69) is 69.5 Å². The van der Waals surface area contributed by atoms with E-state index in [1.807, 2.05) is 18.3 Å². The minimum atomic E-state index is -0.969. The lowest BCUT2D eigenvalue weighted by molar-refractivity contribution is -0.116. The van der Waals surface area contributed by atoms with Crippen molar-refractivity contribution in [1.82, 2.24) is 19.8 Å². The number of unbranched alkanes of at least 4 members (excludes halogenated alkanes) is 1. The first-order valence-corrected chi connectivity index (χ1v) is 19.0. The SMILES string of the molecule is CCCCC(=O)Nc1cccc2c1[nH]c1c(C3=C[C@@]4(O)CC/C=C\CCCCN5CC[C@@H]3[C@]3(C[C@@H]6/C=C\CCCCN6[C@H]34)C5)nccc12. The maximum Gasteiger partial charge on any atom is 0.224 e. The molecule has 0 saturated carbocycles. The molecule has 8 rings (SSSR count). The van der Waals surface area contributed by atoms with Crippen molar-refractivity contribution in [2.75, 3.05) is 31.5 Å². The summed E-state index contributed by atoms with van der Waals surface area (Å²) in [6.45, 7) is 6.42. The van der Waals surface area contributed by atoms with Crippen molar-refractivity contribution in [3.05, 3.63) is 66.5 Å². The van der Waals surface area contributed by atoms with E-state index >= 15 is 0 Å². The summed E-state index contributed by atoms with van der Waals surface area (Å²) in [5.41, 5.74) is 3.92. The summed E-state index contributed by atoms with van der Waals surface area (Å²) in [7, 11) is 0. The highest BCUT2D eigenvalue weighted by Gasteiger charge is 2.65. The number of anilines is 1. The first-order valence-electron chi connectivity index (χ1n) is 19.0. The Labute approximate surface area is 285 Å². The van der Waals surface area contributed by atoms with E-state index in [4.69, 9.17) is 4.98 Å². The Morgan fingerprint density at radius 2 is 1.85 bits per heavy atom. The Bertz CT molecular complexity index is 1760. The third kappa shape index (κ3) is 5.56. The van der Waals surface area contributed by atoms with Crippen molar-refractivity contribution in [2.45, 2.75) is 108 Å². The molecule has 2 saturated heterocycles. The van der Waals surface area contributed by atoms with Gasteiger partial charge in [-0.05, 0) is 120 Å². The number of pyridine rings is 1. The van der Waals surface area contributed by atoms with Gasteiger partial charge in [0.1, 0.15) is 0 Å². The predicted octanol–water partition coefficient (Wildman–Crippen LogP) is 7.98. The molecule has 1 aliphatic carbocycles. The van der Waals surface area contributed by atoms with Crippen molar-refractivity contribution < 1.29 is 9.90 Å². The number of hydrogen-bond donors (Lipinski definition) is 3. The number of H-pyrrole nitrogens is 1. The van der Waals surface area contributed by atoms with Gasteiger partial charge in [-0.3, -0.25) is 14.7 Å². The van der Waals surface area contributed by atoms with Crippen LogP contribution in [0, 0.1) is 11.3 Å². The highest BCUT2D eigenvalue weighted by Crippen LogP contribution is 2.61. The van der Waals surface area contributed by atoms with Gasteiger partial charge in [-0.1, -0.05) is 49.8 Å². The van der Waals surface area contributed by atoms with Crippen LogP contribution in [-0.2, 0) is 4.79 Å². The Kier molecular flexibility index (Phi) is 8.81. The van der Waals surface area contributed by atoms with Crippen LogP contribution in [0.4, 0.5) is 5.69 Å². The van der Waals surface area contributed by atoms with Gasteiger partial charge in [0.25, 0.3) is 0 Å².